The van der Waals surface area contributed by atoms with Crippen LogP contribution in [-0.2, 0) is 0 Å². The lowest BCUT2D eigenvalue weighted by Gasteiger charge is -2.08. The van der Waals surface area contributed by atoms with E-state index in [1.54, 1.807) is 6.07 Å². The van der Waals surface area contributed by atoms with Crippen molar-refractivity contribution < 1.29 is 15.0 Å². The van der Waals surface area contributed by atoms with Gasteiger partial charge in [-0.05, 0) is 47.0 Å². The van der Waals surface area contributed by atoms with Crippen molar-refractivity contribution in [2.24, 2.45) is 5.10 Å². The second kappa shape index (κ2) is 6.42. The average molecular weight is 320 g/mol. The van der Waals surface area contributed by atoms with Crippen LogP contribution < -0.4 is 5.43 Å². The Hall–Kier alpha value is -3.34. The van der Waals surface area contributed by atoms with Crippen molar-refractivity contribution in [1.29, 1.82) is 0 Å². The molecule has 24 heavy (non-hydrogen) atoms. The molecule has 0 atom stereocenters. The summed E-state index contributed by atoms with van der Waals surface area (Å²) in [5, 5.41) is 24.5. The number of carbonyl (C=O) groups excluding carboxylic acids is 1. The lowest BCUT2D eigenvalue weighted by Crippen LogP contribution is -2.19. The molecule has 0 bridgehead atoms. The molecule has 1 amide bonds. The van der Waals surface area contributed by atoms with Gasteiger partial charge in [-0.15, -0.1) is 0 Å². The first-order valence-corrected chi connectivity index (χ1v) is 7.40. The number of hydrogen-bond donors (Lipinski definition) is 3. The molecule has 0 fully saturated rings. The number of fused-ring (bicyclic) bond motifs is 1. The van der Waals surface area contributed by atoms with E-state index in [4.69, 9.17) is 0 Å². The number of phenolic OH excluding ortho intramolecular Hbond substituents is 2. The standard InChI is InChI=1S/C19H16N2O3/c1-12-6-8-14-4-2-3-5-15(14)18(12)19(24)21-20-11-13-7-9-16(22)17(23)10-13/h2-11,22-23H,1H3,(H,21,24)/b20-11-. The number of nitrogens with zero attached hydrogens (tertiary/aromatic N) is 1. The van der Waals surface area contributed by atoms with Crippen LogP contribution in [0.2, 0.25) is 0 Å². The minimum Gasteiger partial charge on any atom is -0.504 e. The monoisotopic (exact) mass is 320 g/mol. The van der Waals surface area contributed by atoms with E-state index in [0.29, 0.717) is 11.1 Å². The van der Waals surface area contributed by atoms with E-state index in [1.165, 1.54) is 18.3 Å². The fourth-order valence-electron chi connectivity index (χ4n) is 2.52. The highest BCUT2D eigenvalue weighted by Gasteiger charge is 2.12. The lowest BCUT2D eigenvalue weighted by atomic mass is 9.99. The highest BCUT2D eigenvalue weighted by atomic mass is 16.3. The molecule has 0 spiro atoms. The molecule has 3 aromatic carbocycles. The van der Waals surface area contributed by atoms with Gasteiger partial charge in [-0.25, -0.2) is 5.43 Å². The third kappa shape index (κ3) is 3.05. The molecule has 0 saturated carbocycles. The van der Waals surface area contributed by atoms with Gasteiger partial charge in [-0.3, -0.25) is 4.79 Å². The molecular formula is C19H16N2O3. The lowest BCUT2D eigenvalue weighted by molar-refractivity contribution is 0.0956. The zero-order valence-corrected chi connectivity index (χ0v) is 13.0. The molecule has 0 unspecified atom stereocenters. The number of benzene rings is 3. The van der Waals surface area contributed by atoms with Crippen molar-refractivity contribution >= 4 is 22.9 Å². The number of carbonyl (C=O) groups is 1. The highest BCUT2D eigenvalue weighted by Crippen LogP contribution is 2.24. The van der Waals surface area contributed by atoms with Gasteiger partial charge >= 0.3 is 0 Å². The molecule has 0 aromatic heterocycles. The summed E-state index contributed by atoms with van der Waals surface area (Å²) in [6.45, 7) is 1.88. The summed E-state index contributed by atoms with van der Waals surface area (Å²) >= 11 is 0. The average Bonchev–Trinajstić information content (AvgIpc) is 2.58. The summed E-state index contributed by atoms with van der Waals surface area (Å²) in [6.07, 6.45) is 1.40. The third-order valence-corrected chi connectivity index (χ3v) is 3.74. The van der Waals surface area contributed by atoms with Gasteiger partial charge in [0, 0.05) is 0 Å². The minimum atomic E-state index is -0.302. The topological polar surface area (TPSA) is 81.9 Å². The number of aromatic hydroxyl groups is 2. The number of rotatable bonds is 3. The molecule has 3 N–H and O–H groups in total. The smallest absolute Gasteiger partial charge is 0.272 e. The van der Waals surface area contributed by atoms with Gasteiger partial charge in [0.05, 0.1) is 11.8 Å². The molecule has 0 aliphatic carbocycles. The van der Waals surface area contributed by atoms with Crippen LogP contribution in [0.3, 0.4) is 0 Å². The van der Waals surface area contributed by atoms with Gasteiger partial charge < -0.3 is 10.2 Å². The Labute approximate surface area is 138 Å². The number of aryl methyl sites for hydroxylation is 1. The van der Waals surface area contributed by atoms with E-state index in [-0.39, 0.29) is 17.4 Å². The molecule has 5 nitrogen and oxygen atoms in total. The van der Waals surface area contributed by atoms with E-state index < -0.39 is 0 Å². The second-order valence-corrected chi connectivity index (χ2v) is 5.43. The number of hydrogen-bond acceptors (Lipinski definition) is 4. The Morgan fingerprint density at radius 3 is 2.62 bits per heavy atom. The Bertz CT molecular complexity index is 948. The molecule has 120 valence electrons. The summed E-state index contributed by atoms with van der Waals surface area (Å²) in [5.41, 5.74) is 4.50. The van der Waals surface area contributed by atoms with E-state index in [9.17, 15) is 15.0 Å². The minimum absolute atomic E-state index is 0.206. The zero-order chi connectivity index (χ0) is 17.1. The van der Waals surface area contributed by atoms with Crippen LogP contribution in [0.25, 0.3) is 10.8 Å². The SMILES string of the molecule is Cc1ccc2ccccc2c1C(=O)N/N=C\c1ccc(O)c(O)c1. The van der Waals surface area contributed by atoms with Crippen LogP contribution in [0.5, 0.6) is 11.5 Å². The number of amides is 1. The number of phenols is 2. The predicted octanol–water partition coefficient (Wildman–Crippen LogP) is 3.32. The molecule has 0 saturated heterocycles. The van der Waals surface area contributed by atoms with Crippen LogP contribution in [0, 0.1) is 6.92 Å². The quantitative estimate of drug-likeness (QED) is 0.393. The van der Waals surface area contributed by atoms with Gasteiger partial charge in [-0.1, -0.05) is 36.4 Å². The first-order valence-electron chi connectivity index (χ1n) is 7.40. The third-order valence-electron chi connectivity index (χ3n) is 3.74. The Morgan fingerprint density at radius 1 is 1.04 bits per heavy atom. The fourth-order valence-corrected chi connectivity index (χ4v) is 2.52. The van der Waals surface area contributed by atoms with Crippen molar-refractivity contribution in [1.82, 2.24) is 5.43 Å². The van der Waals surface area contributed by atoms with Gasteiger partial charge in [0.25, 0.3) is 5.91 Å². The molecule has 3 rings (SSSR count). The van der Waals surface area contributed by atoms with Crippen LogP contribution in [0.1, 0.15) is 21.5 Å². The maximum absolute atomic E-state index is 12.5. The van der Waals surface area contributed by atoms with Crippen LogP contribution in [0.15, 0.2) is 59.7 Å². The maximum Gasteiger partial charge on any atom is 0.272 e. The maximum atomic E-state index is 12.5. The van der Waals surface area contributed by atoms with Crippen molar-refractivity contribution in [3.05, 3.63) is 71.3 Å². The second-order valence-electron chi connectivity index (χ2n) is 5.43. The normalized spacial score (nSPS) is 11.0. The van der Waals surface area contributed by atoms with Crippen LogP contribution in [0.4, 0.5) is 0 Å². The van der Waals surface area contributed by atoms with E-state index in [1.807, 2.05) is 43.3 Å². The Morgan fingerprint density at radius 2 is 1.83 bits per heavy atom. The van der Waals surface area contributed by atoms with Gasteiger partial charge in [0.2, 0.25) is 0 Å². The van der Waals surface area contributed by atoms with Crippen LogP contribution in [-0.4, -0.2) is 22.3 Å². The summed E-state index contributed by atoms with van der Waals surface area (Å²) in [5.74, 6) is -0.749. The van der Waals surface area contributed by atoms with E-state index in [0.717, 1.165) is 16.3 Å². The molecule has 0 aliphatic rings. The molecular weight excluding hydrogens is 304 g/mol. The molecule has 3 aromatic rings. The predicted molar refractivity (Wildman–Crippen MR) is 93.5 cm³/mol. The van der Waals surface area contributed by atoms with Crippen molar-refractivity contribution in [2.75, 3.05) is 0 Å². The molecule has 5 heteroatoms. The van der Waals surface area contributed by atoms with Gasteiger partial charge in [-0.2, -0.15) is 5.10 Å². The van der Waals surface area contributed by atoms with Gasteiger partial charge in [0.15, 0.2) is 11.5 Å². The zero-order valence-electron chi connectivity index (χ0n) is 13.0. The van der Waals surface area contributed by atoms with E-state index >= 15 is 0 Å². The summed E-state index contributed by atoms with van der Waals surface area (Å²) in [6, 6.07) is 15.8. The summed E-state index contributed by atoms with van der Waals surface area (Å²) in [7, 11) is 0. The van der Waals surface area contributed by atoms with Crippen molar-refractivity contribution in [3.8, 4) is 11.5 Å². The molecule has 0 radical (unpaired) electrons. The van der Waals surface area contributed by atoms with Crippen molar-refractivity contribution in [3.63, 3.8) is 0 Å². The van der Waals surface area contributed by atoms with Crippen molar-refractivity contribution in [2.45, 2.75) is 6.92 Å². The Kier molecular flexibility index (Phi) is 4.16. The number of hydrazone groups is 1. The highest BCUT2D eigenvalue weighted by molar-refractivity contribution is 6.08. The summed E-state index contributed by atoms with van der Waals surface area (Å²) < 4.78 is 0. The number of nitrogens with one attached hydrogen (secondary N) is 1. The first kappa shape index (κ1) is 15.6. The Balaban J connectivity index is 1.84. The van der Waals surface area contributed by atoms with Crippen LogP contribution >= 0.6 is 0 Å². The van der Waals surface area contributed by atoms with Gasteiger partial charge in [0.1, 0.15) is 0 Å². The molecule has 0 aliphatic heterocycles. The largest absolute Gasteiger partial charge is 0.504 e. The summed E-state index contributed by atoms with van der Waals surface area (Å²) in [4.78, 5) is 12.5. The molecule has 0 heterocycles. The van der Waals surface area contributed by atoms with E-state index in [2.05, 4.69) is 10.5 Å². The first-order chi connectivity index (χ1) is 11.6. The fraction of sp³-hybridized carbons (Fsp3) is 0.0526.